The Hall–Kier alpha value is -2.61. The second-order valence-electron chi connectivity index (χ2n) is 7.33. The van der Waals surface area contributed by atoms with E-state index in [2.05, 4.69) is 25.3 Å². The van der Waals surface area contributed by atoms with Crippen molar-refractivity contribution in [1.29, 1.82) is 0 Å². The van der Waals surface area contributed by atoms with Gasteiger partial charge in [0.15, 0.2) is 0 Å². The first-order chi connectivity index (χ1) is 13.2. The van der Waals surface area contributed by atoms with Gasteiger partial charge in [0.1, 0.15) is 0 Å². The Kier molecular flexibility index (Phi) is 4.98. The van der Waals surface area contributed by atoms with E-state index in [1.807, 2.05) is 11.8 Å². The van der Waals surface area contributed by atoms with Gasteiger partial charge in [0.2, 0.25) is 5.95 Å². The van der Waals surface area contributed by atoms with Gasteiger partial charge >= 0.3 is 0 Å². The average Bonchev–Trinajstić information content (AvgIpc) is 3.10. The second kappa shape index (κ2) is 7.56. The lowest BCUT2D eigenvalue weighted by atomic mass is 9.80. The van der Waals surface area contributed by atoms with E-state index in [0.717, 1.165) is 51.3 Å². The molecule has 2 aliphatic rings. The lowest BCUT2D eigenvalue weighted by Crippen LogP contribution is -2.36. The highest BCUT2D eigenvalue weighted by atomic mass is 16.5. The highest BCUT2D eigenvalue weighted by Crippen LogP contribution is 2.40. The fourth-order valence-corrected chi connectivity index (χ4v) is 3.84. The topological polar surface area (TPSA) is 93.1 Å². The number of nitrogens with one attached hydrogen (secondary N) is 1. The molecule has 2 saturated heterocycles. The predicted molar refractivity (Wildman–Crippen MR) is 99.1 cm³/mol. The third kappa shape index (κ3) is 3.90. The molecule has 0 aliphatic carbocycles. The van der Waals surface area contributed by atoms with Gasteiger partial charge in [0, 0.05) is 44.9 Å². The number of hydrogen-bond donors (Lipinski definition) is 1. The molecule has 8 heteroatoms. The van der Waals surface area contributed by atoms with Crippen LogP contribution in [0, 0.1) is 12.3 Å². The molecule has 0 bridgehead atoms. The van der Waals surface area contributed by atoms with Crippen molar-refractivity contribution in [1.82, 2.24) is 24.8 Å². The monoisotopic (exact) mass is 368 g/mol. The zero-order chi connectivity index (χ0) is 18.7. The largest absolute Gasteiger partial charge is 0.381 e. The predicted octanol–water partition coefficient (Wildman–Crippen LogP) is 1.83. The van der Waals surface area contributed by atoms with Crippen molar-refractivity contribution in [2.45, 2.75) is 32.7 Å². The molecule has 0 radical (unpaired) electrons. The van der Waals surface area contributed by atoms with Gasteiger partial charge in [-0.2, -0.15) is 0 Å². The first kappa shape index (κ1) is 17.8. The van der Waals surface area contributed by atoms with E-state index in [4.69, 9.17) is 4.74 Å². The van der Waals surface area contributed by atoms with E-state index >= 15 is 0 Å². The van der Waals surface area contributed by atoms with Crippen LogP contribution in [0.2, 0.25) is 0 Å². The van der Waals surface area contributed by atoms with Crippen LogP contribution < -0.4 is 5.32 Å². The Morgan fingerprint density at radius 3 is 2.81 bits per heavy atom. The molecule has 2 aliphatic heterocycles. The Morgan fingerprint density at radius 1 is 1.22 bits per heavy atom. The van der Waals surface area contributed by atoms with Gasteiger partial charge in [-0.15, -0.1) is 0 Å². The number of ether oxygens (including phenoxy) is 1. The van der Waals surface area contributed by atoms with Crippen LogP contribution in [0.1, 0.15) is 41.0 Å². The van der Waals surface area contributed by atoms with Gasteiger partial charge in [0.25, 0.3) is 5.91 Å². The van der Waals surface area contributed by atoms with E-state index < -0.39 is 0 Å². The summed E-state index contributed by atoms with van der Waals surface area (Å²) in [5.41, 5.74) is 2.30. The minimum absolute atomic E-state index is 0.0244. The molecule has 0 aromatic carbocycles. The first-order valence-electron chi connectivity index (χ1n) is 9.35. The van der Waals surface area contributed by atoms with Gasteiger partial charge in [-0.25, -0.2) is 9.97 Å². The van der Waals surface area contributed by atoms with Gasteiger partial charge in [-0.1, -0.05) is 0 Å². The van der Waals surface area contributed by atoms with E-state index in [1.54, 1.807) is 24.8 Å². The van der Waals surface area contributed by atoms with E-state index in [-0.39, 0.29) is 11.3 Å². The van der Waals surface area contributed by atoms with Crippen LogP contribution >= 0.6 is 0 Å². The van der Waals surface area contributed by atoms with E-state index in [9.17, 15) is 4.79 Å². The van der Waals surface area contributed by atoms with E-state index in [1.165, 1.54) is 0 Å². The fraction of sp³-hybridized carbons (Fsp3) is 0.526. The average molecular weight is 368 g/mol. The van der Waals surface area contributed by atoms with Gasteiger partial charge in [0.05, 0.1) is 29.7 Å². The van der Waals surface area contributed by atoms with Crippen molar-refractivity contribution in [3.63, 3.8) is 0 Å². The Balaban J connectivity index is 1.41. The quantitative estimate of drug-likeness (QED) is 0.880. The number of likely N-dealkylation sites (tertiary alicyclic amines) is 1. The maximum atomic E-state index is 13.0. The van der Waals surface area contributed by atoms with Crippen LogP contribution in [0.3, 0.4) is 0 Å². The normalized spacial score (nSPS) is 18.6. The summed E-state index contributed by atoms with van der Waals surface area (Å²) >= 11 is 0. The van der Waals surface area contributed by atoms with Crippen molar-refractivity contribution < 1.29 is 9.53 Å². The fourth-order valence-electron chi connectivity index (χ4n) is 3.84. The summed E-state index contributed by atoms with van der Waals surface area (Å²) in [6, 6.07) is 0. The summed E-state index contributed by atoms with van der Waals surface area (Å²) < 4.78 is 5.48. The summed E-state index contributed by atoms with van der Waals surface area (Å²) in [4.78, 5) is 31.9. The number of amides is 1. The van der Waals surface area contributed by atoms with Gasteiger partial charge in [-0.3, -0.25) is 14.8 Å². The summed E-state index contributed by atoms with van der Waals surface area (Å²) in [5, 5.41) is 3.12. The number of aromatic nitrogens is 4. The zero-order valence-electron chi connectivity index (χ0n) is 15.5. The number of carbonyl (C=O) groups is 1. The molecular formula is C19H24N6O2. The number of nitrogens with zero attached hydrogens (tertiary/aromatic N) is 5. The van der Waals surface area contributed by atoms with Crippen LogP contribution in [-0.4, -0.2) is 57.0 Å². The maximum Gasteiger partial charge on any atom is 0.257 e. The van der Waals surface area contributed by atoms with Gasteiger partial charge < -0.3 is 15.0 Å². The van der Waals surface area contributed by atoms with Crippen molar-refractivity contribution in [2.75, 3.05) is 31.6 Å². The number of rotatable bonds is 4. The summed E-state index contributed by atoms with van der Waals surface area (Å²) in [6.45, 7) is 5.54. The Morgan fingerprint density at radius 2 is 2.07 bits per heavy atom. The molecular weight excluding hydrogens is 344 g/mol. The standard InChI is InChI=1S/C19H24N6O2/c1-14-16(12-23-18(24-14)22-11-15-10-20-5-6-21-15)17(26)25-7-2-19(13-25)3-8-27-9-4-19/h5-6,10,12H,2-4,7-9,11,13H2,1H3,(H,22,23,24). The summed E-state index contributed by atoms with van der Waals surface area (Å²) in [7, 11) is 0. The molecule has 4 rings (SSSR count). The number of anilines is 1. The first-order valence-corrected chi connectivity index (χ1v) is 9.35. The molecule has 0 saturated carbocycles. The Labute approximate surface area is 158 Å². The molecule has 142 valence electrons. The number of aryl methyl sites for hydroxylation is 1. The molecule has 27 heavy (non-hydrogen) atoms. The second-order valence-corrected chi connectivity index (χ2v) is 7.33. The molecule has 8 nitrogen and oxygen atoms in total. The van der Waals surface area contributed by atoms with Crippen molar-refractivity contribution in [3.8, 4) is 0 Å². The van der Waals surface area contributed by atoms with Crippen LogP contribution in [0.15, 0.2) is 24.8 Å². The smallest absolute Gasteiger partial charge is 0.257 e. The minimum atomic E-state index is 0.0244. The van der Waals surface area contributed by atoms with Crippen LogP contribution in [0.25, 0.3) is 0 Å². The Bertz CT molecular complexity index is 807. The molecule has 1 spiro atoms. The van der Waals surface area contributed by atoms with Crippen molar-refractivity contribution in [2.24, 2.45) is 5.41 Å². The summed E-state index contributed by atoms with van der Waals surface area (Å²) in [6.07, 6.45) is 9.73. The van der Waals surface area contributed by atoms with Crippen LogP contribution in [0.4, 0.5) is 5.95 Å². The van der Waals surface area contributed by atoms with Crippen LogP contribution in [0.5, 0.6) is 0 Å². The summed E-state index contributed by atoms with van der Waals surface area (Å²) in [5.74, 6) is 0.508. The van der Waals surface area contributed by atoms with E-state index in [0.29, 0.717) is 23.8 Å². The number of hydrogen-bond acceptors (Lipinski definition) is 7. The molecule has 2 aromatic rings. The minimum Gasteiger partial charge on any atom is -0.381 e. The molecule has 1 N–H and O–H groups in total. The molecule has 0 atom stereocenters. The van der Waals surface area contributed by atoms with Crippen LogP contribution in [-0.2, 0) is 11.3 Å². The highest BCUT2D eigenvalue weighted by molar-refractivity contribution is 5.95. The lowest BCUT2D eigenvalue weighted by molar-refractivity contribution is 0.0190. The van der Waals surface area contributed by atoms with Gasteiger partial charge in [-0.05, 0) is 31.6 Å². The molecule has 0 unspecified atom stereocenters. The molecule has 1 amide bonds. The third-order valence-electron chi connectivity index (χ3n) is 5.53. The molecule has 4 heterocycles. The number of carbonyl (C=O) groups excluding carboxylic acids is 1. The molecule has 2 aromatic heterocycles. The SMILES string of the molecule is Cc1nc(NCc2cnccn2)ncc1C(=O)N1CCC2(CCOCC2)C1. The lowest BCUT2D eigenvalue weighted by Gasteiger charge is -2.33. The zero-order valence-corrected chi connectivity index (χ0v) is 15.5. The maximum absolute atomic E-state index is 13.0. The molecule has 2 fully saturated rings. The van der Waals surface area contributed by atoms with Crippen molar-refractivity contribution >= 4 is 11.9 Å². The van der Waals surface area contributed by atoms with Crippen molar-refractivity contribution in [3.05, 3.63) is 41.7 Å². The third-order valence-corrected chi connectivity index (χ3v) is 5.53. The highest BCUT2D eigenvalue weighted by Gasteiger charge is 2.41.